The number of nitrogen functional groups attached to an aromatic ring is 1. The summed E-state index contributed by atoms with van der Waals surface area (Å²) < 4.78 is 10.7. The first kappa shape index (κ1) is 9.15. The Labute approximate surface area is 82.8 Å². The minimum Gasteiger partial charge on any atom is -0.493 e. The summed E-state index contributed by atoms with van der Waals surface area (Å²) in [6.07, 6.45) is 0.819. The Hall–Kier alpha value is -1.42. The van der Waals surface area contributed by atoms with Crippen molar-refractivity contribution in [3.63, 3.8) is 0 Å². The lowest BCUT2D eigenvalue weighted by Gasteiger charge is -2.24. The van der Waals surface area contributed by atoms with E-state index in [0.29, 0.717) is 18.0 Å². The molecule has 0 saturated carbocycles. The van der Waals surface area contributed by atoms with Crippen LogP contribution in [-0.4, -0.2) is 13.7 Å². The summed E-state index contributed by atoms with van der Waals surface area (Å²) in [5, 5.41) is 0. The standard InChI is InChI=1S/C10H14N2O2/c1-13-9-5-6(11)4-7-8(12)2-3-14-10(7)9/h4-5,8H,2-3,11-12H2,1H3. The molecule has 0 spiro atoms. The van der Waals surface area contributed by atoms with Crippen LogP contribution in [0.1, 0.15) is 18.0 Å². The largest absolute Gasteiger partial charge is 0.493 e. The lowest BCUT2D eigenvalue weighted by molar-refractivity contribution is 0.253. The Morgan fingerprint density at radius 2 is 2.29 bits per heavy atom. The average molecular weight is 194 g/mol. The molecule has 1 aromatic carbocycles. The maximum absolute atomic E-state index is 5.95. The molecule has 0 fully saturated rings. The van der Waals surface area contributed by atoms with Gasteiger partial charge in [0.2, 0.25) is 0 Å². The second-order valence-electron chi connectivity index (χ2n) is 3.39. The van der Waals surface area contributed by atoms with E-state index in [1.807, 2.05) is 6.07 Å². The first-order chi connectivity index (χ1) is 6.72. The van der Waals surface area contributed by atoms with Gasteiger partial charge in [0.15, 0.2) is 11.5 Å². The van der Waals surface area contributed by atoms with Crippen molar-refractivity contribution in [2.45, 2.75) is 12.5 Å². The van der Waals surface area contributed by atoms with Gasteiger partial charge in [-0.3, -0.25) is 0 Å². The minimum absolute atomic E-state index is 0.00356. The Bertz CT molecular complexity index is 352. The fourth-order valence-corrected chi connectivity index (χ4v) is 1.67. The van der Waals surface area contributed by atoms with E-state index in [4.69, 9.17) is 20.9 Å². The highest BCUT2D eigenvalue weighted by atomic mass is 16.5. The van der Waals surface area contributed by atoms with Gasteiger partial charge in [-0.15, -0.1) is 0 Å². The van der Waals surface area contributed by atoms with Crippen LogP contribution >= 0.6 is 0 Å². The van der Waals surface area contributed by atoms with Gasteiger partial charge in [-0.05, 0) is 6.07 Å². The third-order valence-corrected chi connectivity index (χ3v) is 2.40. The van der Waals surface area contributed by atoms with Gasteiger partial charge in [0.05, 0.1) is 13.7 Å². The fourth-order valence-electron chi connectivity index (χ4n) is 1.67. The monoisotopic (exact) mass is 194 g/mol. The van der Waals surface area contributed by atoms with Gasteiger partial charge in [-0.25, -0.2) is 0 Å². The van der Waals surface area contributed by atoms with E-state index in [1.165, 1.54) is 0 Å². The summed E-state index contributed by atoms with van der Waals surface area (Å²) in [5.41, 5.74) is 13.3. The van der Waals surface area contributed by atoms with E-state index in [0.717, 1.165) is 17.7 Å². The number of fused-ring (bicyclic) bond motifs is 1. The summed E-state index contributed by atoms with van der Waals surface area (Å²) in [7, 11) is 1.60. The minimum atomic E-state index is -0.00356. The molecule has 0 saturated heterocycles. The van der Waals surface area contributed by atoms with E-state index < -0.39 is 0 Å². The number of rotatable bonds is 1. The molecule has 2 rings (SSSR count). The molecule has 1 unspecified atom stereocenters. The third-order valence-electron chi connectivity index (χ3n) is 2.40. The predicted octanol–water partition coefficient (Wildman–Crippen LogP) is 1.06. The number of hydrogen-bond donors (Lipinski definition) is 2. The lowest BCUT2D eigenvalue weighted by Crippen LogP contribution is -2.21. The topological polar surface area (TPSA) is 70.5 Å². The maximum Gasteiger partial charge on any atom is 0.166 e. The first-order valence-electron chi connectivity index (χ1n) is 4.58. The van der Waals surface area contributed by atoms with Gasteiger partial charge < -0.3 is 20.9 Å². The molecule has 0 aromatic heterocycles. The highest BCUT2D eigenvalue weighted by molar-refractivity contribution is 5.58. The smallest absolute Gasteiger partial charge is 0.166 e. The molecule has 1 atom stereocenters. The number of benzene rings is 1. The second kappa shape index (κ2) is 3.38. The van der Waals surface area contributed by atoms with Crippen LogP contribution in [0, 0.1) is 0 Å². The summed E-state index contributed by atoms with van der Waals surface area (Å²) >= 11 is 0. The molecular weight excluding hydrogens is 180 g/mol. The van der Waals surface area contributed by atoms with Gasteiger partial charge >= 0.3 is 0 Å². The molecule has 76 valence electrons. The quantitative estimate of drug-likeness (QED) is 0.656. The molecular formula is C10H14N2O2. The molecule has 14 heavy (non-hydrogen) atoms. The summed E-state index contributed by atoms with van der Waals surface area (Å²) in [6, 6.07) is 3.59. The number of hydrogen-bond acceptors (Lipinski definition) is 4. The molecule has 4 heteroatoms. The van der Waals surface area contributed by atoms with Crippen LogP contribution in [0.15, 0.2) is 12.1 Å². The fraction of sp³-hybridized carbons (Fsp3) is 0.400. The zero-order valence-corrected chi connectivity index (χ0v) is 8.12. The zero-order chi connectivity index (χ0) is 10.1. The van der Waals surface area contributed by atoms with E-state index in [2.05, 4.69) is 0 Å². The van der Waals surface area contributed by atoms with Crippen molar-refractivity contribution >= 4 is 5.69 Å². The molecule has 1 aliphatic rings. The van der Waals surface area contributed by atoms with Crippen LogP contribution in [0.3, 0.4) is 0 Å². The van der Waals surface area contributed by atoms with Crippen molar-refractivity contribution in [2.24, 2.45) is 5.73 Å². The van der Waals surface area contributed by atoms with Gasteiger partial charge in [0.25, 0.3) is 0 Å². The molecule has 0 radical (unpaired) electrons. The molecule has 0 aliphatic carbocycles. The molecule has 0 bridgehead atoms. The van der Waals surface area contributed by atoms with Gasteiger partial charge in [0.1, 0.15) is 0 Å². The van der Waals surface area contributed by atoms with Crippen molar-refractivity contribution in [2.75, 3.05) is 19.5 Å². The van der Waals surface area contributed by atoms with Gasteiger partial charge in [0, 0.05) is 29.8 Å². The number of nitrogens with two attached hydrogens (primary N) is 2. The molecule has 4 N–H and O–H groups in total. The average Bonchev–Trinajstić information content (AvgIpc) is 2.18. The Balaban J connectivity index is 2.54. The van der Waals surface area contributed by atoms with E-state index in [-0.39, 0.29) is 6.04 Å². The van der Waals surface area contributed by atoms with Gasteiger partial charge in [-0.2, -0.15) is 0 Å². The molecule has 1 aliphatic heterocycles. The molecule has 0 amide bonds. The lowest BCUT2D eigenvalue weighted by atomic mass is 10.0. The SMILES string of the molecule is COc1cc(N)cc2c1OCCC2N. The number of ether oxygens (including phenoxy) is 2. The second-order valence-corrected chi connectivity index (χ2v) is 3.39. The highest BCUT2D eigenvalue weighted by Gasteiger charge is 2.22. The molecule has 1 aromatic rings. The number of methoxy groups -OCH3 is 1. The van der Waals surface area contributed by atoms with Crippen molar-refractivity contribution in [3.05, 3.63) is 17.7 Å². The molecule has 4 nitrogen and oxygen atoms in total. The third kappa shape index (κ3) is 1.37. The van der Waals surface area contributed by atoms with Crippen LogP contribution in [0.5, 0.6) is 11.5 Å². The Kier molecular flexibility index (Phi) is 2.21. The van der Waals surface area contributed by atoms with Gasteiger partial charge in [-0.1, -0.05) is 0 Å². The van der Waals surface area contributed by atoms with Crippen LogP contribution < -0.4 is 20.9 Å². The van der Waals surface area contributed by atoms with Crippen molar-refractivity contribution in [1.29, 1.82) is 0 Å². The van der Waals surface area contributed by atoms with Crippen LogP contribution in [-0.2, 0) is 0 Å². The van der Waals surface area contributed by atoms with E-state index >= 15 is 0 Å². The van der Waals surface area contributed by atoms with Crippen molar-refractivity contribution in [1.82, 2.24) is 0 Å². The van der Waals surface area contributed by atoms with Crippen LogP contribution in [0.25, 0.3) is 0 Å². The first-order valence-corrected chi connectivity index (χ1v) is 4.58. The zero-order valence-electron chi connectivity index (χ0n) is 8.12. The van der Waals surface area contributed by atoms with E-state index in [1.54, 1.807) is 13.2 Å². The van der Waals surface area contributed by atoms with E-state index in [9.17, 15) is 0 Å². The predicted molar refractivity (Wildman–Crippen MR) is 54.4 cm³/mol. The summed E-state index contributed by atoms with van der Waals surface area (Å²) in [5.74, 6) is 1.40. The molecule has 1 heterocycles. The van der Waals surface area contributed by atoms with Crippen LogP contribution in [0.2, 0.25) is 0 Å². The summed E-state index contributed by atoms with van der Waals surface area (Å²) in [4.78, 5) is 0. The normalized spacial score (nSPS) is 19.7. The maximum atomic E-state index is 5.95. The Morgan fingerprint density at radius 1 is 1.50 bits per heavy atom. The van der Waals surface area contributed by atoms with Crippen molar-refractivity contribution < 1.29 is 9.47 Å². The Morgan fingerprint density at radius 3 is 3.00 bits per heavy atom. The van der Waals surface area contributed by atoms with Crippen molar-refractivity contribution in [3.8, 4) is 11.5 Å². The summed E-state index contributed by atoms with van der Waals surface area (Å²) in [6.45, 7) is 0.633. The van der Waals surface area contributed by atoms with Crippen LogP contribution in [0.4, 0.5) is 5.69 Å². The number of anilines is 1. The highest BCUT2D eigenvalue weighted by Crippen LogP contribution is 2.40.